The molecule has 0 unspecified atom stereocenters. The van der Waals surface area contributed by atoms with Gasteiger partial charge in [-0.05, 0) is 69.5 Å². The third-order valence-electron chi connectivity index (χ3n) is 5.38. The van der Waals surface area contributed by atoms with E-state index in [0.717, 1.165) is 12.0 Å². The van der Waals surface area contributed by atoms with Gasteiger partial charge in [-0.3, -0.25) is 4.79 Å². The zero-order chi connectivity index (χ0) is 21.9. The van der Waals surface area contributed by atoms with E-state index in [1.807, 2.05) is 13.8 Å². The first-order valence-electron chi connectivity index (χ1n) is 10.1. The first kappa shape index (κ1) is 21.7. The molecule has 3 N–H and O–H groups in total. The molecule has 0 fully saturated rings. The van der Waals surface area contributed by atoms with Gasteiger partial charge in [0.1, 0.15) is 23.4 Å². The highest BCUT2D eigenvalue weighted by atomic mass is 16.5. The molecule has 0 bridgehead atoms. The molecule has 5 nitrogen and oxygen atoms in total. The molecule has 1 heterocycles. The van der Waals surface area contributed by atoms with Gasteiger partial charge < -0.3 is 20.1 Å². The number of rotatable bonds is 7. The minimum Gasteiger partial charge on any atom is -0.508 e. The van der Waals surface area contributed by atoms with Crippen molar-refractivity contribution in [1.29, 1.82) is 0 Å². The molecule has 30 heavy (non-hydrogen) atoms. The van der Waals surface area contributed by atoms with Crippen LogP contribution in [0, 0.1) is 0 Å². The highest BCUT2D eigenvalue weighted by Crippen LogP contribution is 2.41. The molecule has 158 valence electrons. The van der Waals surface area contributed by atoms with Crippen LogP contribution in [0.4, 0.5) is 0 Å². The molecular weight excluding hydrogens is 380 g/mol. The SMILES string of the molecule is CC(C)=CCC[C@](C)(O)[C@@H]1Cc2c(ccc(C(=O)C=Cc3ccc(O)cc3)c2O)O1. The quantitative estimate of drug-likeness (QED) is 0.348. The summed E-state index contributed by atoms with van der Waals surface area (Å²) in [4.78, 5) is 12.6. The van der Waals surface area contributed by atoms with Crippen molar-refractivity contribution in [2.45, 2.75) is 51.7 Å². The Morgan fingerprint density at radius 2 is 1.87 bits per heavy atom. The molecule has 0 aromatic heterocycles. The van der Waals surface area contributed by atoms with Crippen LogP contribution in [0.25, 0.3) is 6.08 Å². The van der Waals surface area contributed by atoms with E-state index in [4.69, 9.17) is 4.74 Å². The Morgan fingerprint density at radius 1 is 1.17 bits per heavy atom. The summed E-state index contributed by atoms with van der Waals surface area (Å²) < 4.78 is 5.90. The fraction of sp³-hybridized carbons (Fsp3) is 0.320. The van der Waals surface area contributed by atoms with Gasteiger partial charge in [-0.1, -0.05) is 29.9 Å². The second-order valence-electron chi connectivity index (χ2n) is 8.22. The van der Waals surface area contributed by atoms with Crippen LogP contribution < -0.4 is 4.74 Å². The predicted molar refractivity (Wildman–Crippen MR) is 117 cm³/mol. The minimum absolute atomic E-state index is 0.101. The lowest BCUT2D eigenvalue weighted by Gasteiger charge is -2.29. The summed E-state index contributed by atoms with van der Waals surface area (Å²) in [7, 11) is 0. The molecular formula is C25H28O5. The van der Waals surface area contributed by atoms with Crippen LogP contribution in [0.5, 0.6) is 17.2 Å². The van der Waals surface area contributed by atoms with Crippen molar-refractivity contribution in [3.63, 3.8) is 0 Å². The Morgan fingerprint density at radius 3 is 2.53 bits per heavy atom. The van der Waals surface area contributed by atoms with Gasteiger partial charge in [-0.15, -0.1) is 0 Å². The molecule has 3 rings (SSSR count). The Hall–Kier alpha value is -3.05. The Labute approximate surface area is 177 Å². The van der Waals surface area contributed by atoms with E-state index in [0.29, 0.717) is 24.2 Å². The van der Waals surface area contributed by atoms with Gasteiger partial charge in [0, 0.05) is 12.0 Å². The number of carbonyl (C=O) groups is 1. The van der Waals surface area contributed by atoms with Crippen molar-refractivity contribution < 1.29 is 24.9 Å². The summed E-state index contributed by atoms with van der Waals surface area (Å²) in [5.74, 6) is 0.220. The van der Waals surface area contributed by atoms with E-state index in [2.05, 4.69) is 6.08 Å². The van der Waals surface area contributed by atoms with Crippen LogP contribution in [-0.4, -0.2) is 32.8 Å². The summed E-state index contributed by atoms with van der Waals surface area (Å²) in [5, 5.41) is 30.9. The summed E-state index contributed by atoms with van der Waals surface area (Å²) in [6.45, 7) is 5.78. The lowest BCUT2D eigenvalue weighted by Crippen LogP contribution is -2.42. The van der Waals surface area contributed by atoms with Crippen LogP contribution >= 0.6 is 0 Å². The average Bonchev–Trinajstić information content (AvgIpc) is 3.13. The number of ketones is 1. The standard InChI is InChI=1S/C25H28O5/c1-16(2)5-4-14-25(3,29)23-15-20-22(30-23)13-11-19(24(20)28)21(27)12-8-17-6-9-18(26)10-7-17/h5-13,23,26,28-29H,4,14-15H2,1-3H3/t23-,25-/m0/s1. The van der Waals surface area contributed by atoms with E-state index in [1.165, 1.54) is 29.8 Å². The number of carbonyl (C=O) groups excluding carboxylic acids is 1. The number of hydrogen-bond acceptors (Lipinski definition) is 5. The van der Waals surface area contributed by atoms with Gasteiger partial charge in [-0.25, -0.2) is 0 Å². The lowest BCUT2D eigenvalue weighted by molar-refractivity contribution is -0.0433. The molecule has 0 spiro atoms. The number of aromatic hydroxyl groups is 2. The van der Waals surface area contributed by atoms with Gasteiger partial charge in [0.25, 0.3) is 0 Å². The molecule has 5 heteroatoms. The number of phenolic OH excluding ortho intramolecular Hbond substituents is 2. The predicted octanol–water partition coefficient (Wildman–Crippen LogP) is 4.79. The summed E-state index contributed by atoms with van der Waals surface area (Å²) in [6, 6.07) is 9.67. The number of hydrogen-bond donors (Lipinski definition) is 3. The summed E-state index contributed by atoms with van der Waals surface area (Å²) in [5.41, 5.74) is 1.64. The second kappa shape index (κ2) is 8.76. The van der Waals surface area contributed by atoms with Gasteiger partial charge in [0.2, 0.25) is 0 Å². The maximum Gasteiger partial charge on any atom is 0.189 e. The maximum absolute atomic E-state index is 12.6. The Kier molecular flexibility index (Phi) is 6.32. The third-order valence-corrected chi connectivity index (χ3v) is 5.38. The topological polar surface area (TPSA) is 87.0 Å². The van der Waals surface area contributed by atoms with Gasteiger partial charge in [0.05, 0.1) is 11.2 Å². The fourth-order valence-corrected chi connectivity index (χ4v) is 3.51. The van der Waals surface area contributed by atoms with Crippen LogP contribution in [0.2, 0.25) is 0 Å². The molecule has 1 aliphatic heterocycles. The zero-order valence-electron chi connectivity index (χ0n) is 17.6. The van der Waals surface area contributed by atoms with Crippen molar-refractivity contribution in [1.82, 2.24) is 0 Å². The number of ether oxygens (including phenoxy) is 1. The highest BCUT2D eigenvalue weighted by Gasteiger charge is 2.39. The van der Waals surface area contributed by atoms with Crippen molar-refractivity contribution in [2.75, 3.05) is 0 Å². The van der Waals surface area contributed by atoms with Crippen LogP contribution in [0.1, 0.15) is 55.1 Å². The first-order valence-corrected chi connectivity index (χ1v) is 10.1. The summed E-state index contributed by atoms with van der Waals surface area (Å²) in [6.07, 6.45) is 6.22. The van der Waals surface area contributed by atoms with E-state index in [-0.39, 0.29) is 22.8 Å². The molecule has 1 aliphatic rings. The largest absolute Gasteiger partial charge is 0.508 e. The molecule has 0 saturated carbocycles. The zero-order valence-corrected chi connectivity index (χ0v) is 17.6. The van der Waals surface area contributed by atoms with Gasteiger partial charge in [-0.2, -0.15) is 0 Å². The smallest absolute Gasteiger partial charge is 0.189 e. The van der Waals surface area contributed by atoms with Crippen LogP contribution in [0.3, 0.4) is 0 Å². The molecule has 2 atom stereocenters. The number of allylic oxidation sites excluding steroid dienone is 3. The first-order chi connectivity index (χ1) is 14.2. The normalized spacial score (nSPS) is 17.3. The lowest BCUT2D eigenvalue weighted by atomic mass is 9.89. The van der Waals surface area contributed by atoms with Gasteiger partial charge in [0.15, 0.2) is 5.78 Å². The van der Waals surface area contributed by atoms with E-state index >= 15 is 0 Å². The molecule has 0 saturated heterocycles. The van der Waals surface area contributed by atoms with E-state index < -0.39 is 11.7 Å². The van der Waals surface area contributed by atoms with Crippen molar-refractivity contribution >= 4 is 11.9 Å². The number of phenols is 2. The molecule has 0 amide bonds. The highest BCUT2D eigenvalue weighted by molar-refractivity contribution is 6.09. The van der Waals surface area contributed by atoms with E-state index in [9.17, 15) is 20.1 Å². The molecule has 0 radical (unpaired) electrons. The van der Waals surface area contributed by atoms with Crippen molar-refractivity contribution in [2.24, 2.45) is 0 Å². The van der Waals surface area contributed by atoms with Crippen LogP contribution in [0.15, 0.2) is 54.1 Å². The van der Waals surface area contributed by atoms with Crippen molar-refractivity contribution in [3.05, 3.63) is 70.8 Å². The number of aliphatic hydroxyl groups is 1. The molecule has 2 aromatic rings. The maximum atomic E-state index is 12.6. The second-order valence-corrected chi connectivity index (χ2v) is 8.22. The number of benzene rings is 2. The van der Waals surface area contributed by atoms with Crippen molar-refractivity contribution in [3.8, 4) is 17.2 Å². The van der Waals surface area contributed by atoms with E-state index in [1.54, 1.807) is 31.2 Å². The molecule has 0 aliphatic carbocycles. The minimum atomic E-state index is -1.06. The number of fused-ring (bicyclic) bond motifs is 1. The molecule has 2 aromatic carbocycles. The Balaban J connectivity index is 1.74. The third kappa shape index (κ3) is 4.92. The fourth-order valence-electron chi connectivity index (χ4n) is 3.51. The van der Waals surface area contributed by atoms with Crippen LogP contribution in [-0.2, 0) is 6.42 Å². The summed E-state index contributed by atoms with van der Waals surface area (Å²) >= 11 is 0. The average molecular weight is 408 g/mol. The Bertz CT molecular complexity index is 979. The van der Waals surface area contributed by atoms with Gasteiger partial charge >= 0.3 is 0 Å². The monoisotopic (exact) mass is 408 g/mol.